The molecule has 0 aliphatic carbocycles. The maximum atomic E-state index is 13.6. The van der Waals surface area contributed by atoms with Crippen molar-refractivity contribution in [2.24, 2.45) is 5.92 Å². The quantitative estimate of drug-likeness (QED) is 0.707. The third-order valence-corrected chi connectivity index (χ3v) is 3.84. The summed E-state index contributed by atoms with van der Waals surface area (Å²) in [4.78, 5) is 11.9. The maximum Gasteiger partial charge on any atom is 0.251 e. The number of halogens is 1. The van der Waals surface area contributed by atoms with Gasteiger partial charge in [0, 0.05) is 31.1 Å². The molecule has 1 aromatic rings. The number of rotatable bonds is 0. The predicted octanol–water partition coefficient (Wildman–Crippen LogP) is 1.18. The Morgan fingerprint density at radius 1 is 1.29 bits per heavy atom. The molecule has 1 fully saturated rings. The summed E-state index contributed by atoms with van der Waals surface area (Å²) in [5, 5.41) is 6.21. The standard InChI is InChI=1S/C13H15FN2O/c1-7-2-9-10(3-12(7)14)13(17)16-5-8-4-15-6-11(8)9/h2-3,8,11,15H,4-6H2,1H3,(H,16,17)/t8-,11?/m0/s1. The number of fused-ring (bicyclic) bond motifs is 3. The van der Waals surface area contributed by atoms with Crippen LogP contribution in [0.2, 0.25) is 0 Å². The van der Waals surface area contributed by atoms with Crippen molar-refractivity contribution in [2.75, 3.05) is 19.6 Å². The van der Waals surface area contributed by atoms with Gasteiger partial charge < -0.3 is 10.6 Å². The van der Waals surface area contributed by atoms with Crippen LogP contribution in [0.3, 0.4) is 0 Å². The fourth-order valence-corrected chi connectivity index (χ4v) is 2.84. The Morgan fingerprint density at radius 2 is 2.12 bits per heavy atom. The Labute approximate surface area is 99.4 Å². The lowest BCUT2D eigenvalue weighted by Crippen LogP contribution is -2.28. The van der Waals surface area contributed by atoms with Gasteiger partial charge in [0.25, 0.3) is 5.91 Å². The van der Waals surface area contributed by atoms with Crippen LogP contribution in [0.4, 0.5) is 4.39 Å². The van der Waals surface area contributed by atoms with Crippen molar-refractivity contribution in [3.05, 3.63) is 34.6 Å². The van der Waals surface area contributed by atoms with Gasteiger partial charge in [-0.05, 0) is 30.0 Å². The molecule has 4 heteroatoms. The van der Waals surface area contributed by atoms with Gasteiger partial charge in [-0.25, -0.2) is 4.39 Å². The number of hydrogen-bond donors (Lipinski definition) is 2. The van der Waals surface area contributed by atoms with Crippen LogP contribution in [0.15, 0.2) is 12.1 Å². The van der Waals surface area contributed by atoms with Crippen molar-refractivity contribution >= 4 is 5.91 Å². The first-order valence-corrected chi connectivity index (χ1v) is 5.96. The van der Waals surface area contributed by atoms with Crippen LogP contribution in [-0.2, 0) is 0 Å². The highest BCUT2D eigenvalue weighted by molar-refractivity contribution is 5.96. The zero-order valence-electron chi connectivity index (χ0n) is 9.72. The summed E-state index contributed by atoms with van der Waals surface area (Å²) in [6.07, 6.45) is 0. The molecule has 2 aliphatic rings. The zero-order chi connectivity index (χ0) is 12.0. The molecule has 1 saturated heterocycles. The van der Waals surface area contributed by atoms with Gasteiger partial charge >= 0.3 is 0 Å². The number of nitrogens with one attached hydrogen (secondary N) is 2. The third-order valence-electron chi connectivity index (χ3n) is 3.84. The molecule has 2 atom stereocenters. The van der Waals surface area contributed by atoms with Crippen LogP contribution in [0.25, 0.3) is 0 Å². The second-order valence-corrected chi connectivity index (χ2v) is 4.92. The lowest BCUT2D eigenvalue weighted by molar-refractivity contribution is 0.0952. The molecule has 0 aromatic heterocycles. The van der Waals surface area contributed by atoms with E-state index in [1.54, 1.807) is 6.92 Å². The van der Waals surface area contributed by atoms with E-state index < -0.39 is 0 Å². The highest BCUT2D eigenvalue weighted by Crippen LogP contribution is 2.33. The fraction of sp³-hybridized carbons (Fsp3) is 0.462. The molecule has 1 aromatic carbocycles. The van der Waals surface area contributed by atoms with E-state index in [2.05, 4.69) is 10.6 Å². The van der Waals surface area contributed by atoms with E-state index in [1.807, 2.05) is 6.07 Å². The Hall–Kier alpha value is -1.42. The first-order chi connectivity index (χ1) is 8.16. The van der Waals surface area contributed by atoms with E-state index >= 15 is 0 Å². The number of aryl methyl sites for hydroxylation is 1. The van der Waals surface area contributed by atoms with Crippen LogP contribution in [0.5, 0.6) is 0 Å². The minimum Gasteiger partial charge on any atom is -0.352 e. The van der Waals surface area contributed by atoms with Gasteiger partial charge in [0.2, 0.25) is 0 Å². The van der Waals surface area contributed by atoms with Gasteiger partial charge in [0.05, 0.1) is 0 Å². The number of benzene rings is 1. The lowest BCUT2D eigenvalue weighted by atomic mass is 9.86. The van der Waals surface area contributed by atoms with Crippen LogP contribution >= 0.6 is 0 Å². The zero-order valence-corrected chi connectivity index (χ0v) is 9.72. The molecule has 2 heterocycles. The van der Waals surface area contributed by atoms with Gasteiger partial charge in [-0.2, -0.15) is 0 Å². The molecular weight excluding hydrogens is 219 g/mol. The molecule has 3 rings (SSSR count). The van der Waals surface area contributed by atoms with Crippen molar-refractivity contribution in [1.82, 2.24) is 10.6 Å². The molecule has 1 amide bonds. The van der Waals surface area contributed by atoms with E-state index in [9.17, 15) is 9.18 Å². The van der Waals surface area contributed by atoms with Crippen LogP contribution in [0.1, 0.15) is 27.4 Å². The van der Waals surface area contributed by atoms with Gasteiger partial charge in [-0.1, -0.05) is 6.07 Å². The fourth-order valence-electron chi connectivity index (χ4n) is 2.84. The predicted molar refractivity (Wildman–Crippen MR) is 62.6 cm³/mol. The van der Waals surface area contributed by atoms with Crippen LogP contribution < -0.4 is 10.6 Å². The van der Waals surface area contributed by atoms with Crippen LogP contribution in [0, 0.1) is 18.7 Å². The summed E-state index contributed by atoms with van der Waals surface area (Å²) < 4.78 is 13.6. The molecule has 2 N–H and O–H groups in total. The minimum absolute atomic E-state index is 0.145. The second kappa shape index (κ2) is 3.81. The topological polar surface area (TPSA) is 41.1 Å². The summed E-state index contributed by atoms with van der Waals surface area (Å²) in [5.41, 5.74) is 2.11. The van der Waals surface area contributed by atoms with Crippen molar-refractivity contribution in [3.63, 3.8) is 0 Å². The highest BCUT2D eigenvalue weighted by Gasteiger charge is 2.34. The average Bonchev–Trinajstić information content (AvgIpc) is 2.73. The van der Waals surface area contributed by atoms with Crippen LogP contribution in [-0.4, -0.2) is 25.5 Å². The van der Waals surface area contributed by atoms with E-state index in [0.717, 1.165) is 18.7 Å². The van der Waals surface area contributed by atoms with E-state index in [0.29, 0.717) is 29.5 Å². The third kappa shape index (κ3) is 1.63. The Bertz CT molecular complexity index is 487. The molecular formula is C13H15FN2O. The molecule has 17 heavy (non-hydrogen) atoms. The normalized spacial score (nSPS) is 27.1. The van der Waals surface area contributed by atoms with Gasteiger partial charge in [0.15, 0.2) is 0 Å². The average molecular weight is 234 g/mol. The van der Waals surface area contributed by atoms with E-state index in [4.69, 9.17) is 0 Å². The van der Waals surface area contributed by atoms with Crippen molar-refractivity contribution < 1.29 is 9.18 Å². The molecule has 0 radical (unpaired) electrons. The summed E-state index contributed by atoms with van der Waals surface area (Å²) in [6, 6.07) is 3.21. The van der Waals surface area contributed by atoms with Gasteiger partial charge in [0.1, 0.15) is 5.82 Å². The lowest BCUT2D eigenvalue weighted by Gasteiger charge is -2.16. The molecule has 90 valence electrons. The second-order valence-electron chi connectivity index (χ2n) is 4.92. The van der Waals surface area contributed by atoms with Crippen molar-refractivity contribution in [2.45, 2.75) is 12.8 Å². The van der Waals surface area contributed by atoms with Gasteiger partial charge in [-0.3, -0.25) is 4.79 Å². The Kier molecular flexibility index (Phi) is 2.40. The molecule has 1 unspecified atom stereocenters. The molecule has 0 saturated carbocycles. The SMILES string of the molecule is Cc1cc2c(cc1F)C(=O)NC[C@@H]1CNCC21. The summed E-state index contributed by atoms with van der Waals surface area (Å²) in [7, 11) is 0. The van der Waals surface area contributed by atoms with E-state index in [-0.39, 0.29) is 11.7 Å². The first kappa shape index (κ1) is 10.7. The summed E-state index contributed by atoms with van der Waals surface area (Å²) in [6.45, 7) is 4.21. The summed E-state index contributed by atoms with van der Waals surface area (Å²) >= 11 is 0. The minimum atomic E-state index is -0.302. The summed E-state index contributed by atoms with van der Waals surface area (Å²) in [5.74, 6) is 0.296. The van der Waals surface area contributed by atoms with E-state index in [1.165, 1.54) is 6.07 Å². The smallest absolute Gasteiger partial charge is 0.251 e. The monoisotopic (exact) mass is 234 g/mol. The highest BCUT2D eigenvalue weighted by atomic mass is 19.1. The Balaban J connectivity index is 2.16. The first-order valence-electron chi connectivity index (χ1n) is 5.96. The number of carbonyl (C=O) groups is 1. The number of hydrogen-bond acceptors (Lipinski definition) is 2. The number of amides is 1. The molecule has 0 bridgehead atoms. The van der Waals surface area contributed by atoms with Gasteiger partial charge in [-0.15, -0.1) is 0 Å². The molecule has 3 nitrogen and oxygen atoms in total. The molecule has 0 spiro atoms. The van der Waals surface area contributed by atoms with Crippen molar-refractivity contribution in [1.29, 1.82) is 0 Å². The largest absolute Gasteiger partial charge is 0.352 e. The van der Waals surface area contributed by atoms with Crippen molar-refractivity contribution in [3.8, 4) is 0 Å². The maximum absolute atomic E-state index is 13.6. The molecule has 2 aliphatic heterocycles. The Morgan fingerprint density at radius 3 is 2.94 bits per heavy atom. The number of carbonyl (C=O) groups excluding carboxylic acids is 1.